The lowest BCUT2D eigenvalue weighted by Crippen LogP contribution is -2.38. The van der Waals surface area contributed by atoms with E-state index in [1.54, 1.807) is 30.3 Å². The third kappa shape index (κ3) is 3.97. The van der Waals surface area contributed by atoms with Crippen LogP contribution in [0.1, 0.15) is 34.9 Å². The highest BCUT2D eigenvalue weighted by Gasteiger charge is 2.32. The molecule has 0 spiro atoms. The summed E-state index contributed by atoms with van der Waals surface area (Å²) in [4.78, 5) is 30.3. The van der Waals surface area contributed by atoms with Crippen LogP contribution >= 0.6 is 11.3 Å². The first-order valence-electron chi connectivity index (χ1n) is 12.6. The van der Waals surface area contributed by atoms with E-state index < -0.39 is 4.92 Å². The summed E-state index contributed by atoms with van der Waals surface area (Å²) in [5.74, 6) is 0.985. The molecule has 0 N–H and O–H groups in total. The van der Waals surface area contributed by atoms with Crippen LogP contribution < -0.4 is 14.9 Å². The molecule has 190 valence electrons. The van der Waals surface area contributed by atoms with Gasteiger partial charge in [-0.2, -0.15) is 0 Å². The molecular weight excluding hydrogens is 510 g/mol. The van der Waals surface area contributed by atoms with E-state index in [9.17, 15) is 14.9 Å². The van der Waals surface area contributed by atoms with Crippen LogP contribution in [0.15, 0.2) is 111 Å². The summed E-state index contributed by atoms with van der Waals surface area (Å²) < 4.78 is 8.31. The summed E-state index contributed by atoms with van der Waals surface area (Å²) in [5, 5.41) is 11.2. The average Bonchev–Trinajstić information content (AvgIpc) is 3.56. The van der Waals surface area contributed by atoms with Crippen LogP contribution in [0.4, 0.5) is 5.69 Å². The van der Waals surface area contributed by atoms with Gasteiger partial charge >= 0.3 is 0 Å². The Bertz CT molecular complexity index is 1980. The lowest BCUT2D eigenvalue weighted by Gasteiger charge is -2.30. The molecule has 39 heavy (non-hydrogen) atoms. The lowest BCUT2D eigenvalue weighted by atomic mass is 9.83. The van der Waals surface area contributed by atoms with Crippen LogP contribution in [0.5, 0.6) is 0 Å². The fraction of sp³-hybridized carbons (Fsp3) is 0.0968. The van der Waals surface area contributed by atoms with Gasteiger partial charge < -0.3 is 4.42 Å². The molecule has 7 rings (SSSR count). The van der Waals surface area contributed by atoms with Crippen molar-refractivity contribution in [2.24, 2.45) is 4.99 Å². The van der Waals surface area contributed by atoms with Gasteiger partial charge in [-0.05, 0) is 41.7 Å². The monoisotopic (exact) mass is 531 g/mol. The van der Waals surface area contributed by atoms with Crippen molar-refractivity contribution in [2.75, 3.05) is 0 Å². The van der Waals surface area contributed by atoms with E-state index in [2.05, 4.69) is 30.3 Å². The summed E-state index contributed by atoms with van der Waals surface area (Å²) in [5.41, 5.74) is 6.05. The molecule has 0 saturated carbocycles. The minimum absolute atomic E-state index is 0.00906. The molecule has 0 bridgehead atoms. The number of non-ortho nitro benzene ring substituents is 1. The molecule has 3 heterocycles. The third-order valence-electron chi connectivity index (χ3n) is 7.23. The Morgan fingerprint density at radius 2 is 1.79 bits per heavy atom. The van der Waals surface area contributed by atoms with Crippen molar-refractivity contribution in [3.63, 3.8) is 0 Å². The van der Waals surface area contributed by atoms with Crippen molar-refractivity contribution in [3.05, 3.63) is 149 Å². The highest BCUT2D eigenvalue weighted by Crippen LogP contribution is 2.41. The second-order valence-electron chi connectivity index (χ2n) is 9.53. The van der Waals surface area contributed by atoms with E-state index >= 15 is 0 Å². The van der Waals surface area contributed by atoms with E-state index in [-0.39, 0.29) is 17.3 Å². The van der Waals surface area contributed by atoms with Gasteiger partial charge in [-0.3, -0.25) is 19.5 Å². The number of rotatable bonds is 4. The van der Waals surface area contributed by atoms with Gasteiger partial charge in [0.25, 0.3) is 11.2 Å². The number of hydrogen-bond acceptors (Lipinski definition) is 6. The summed E-state index contributed by atoms with van der Waals surface area (Å²) in [6, 6.07) is 28.0. The number of furan rings is 1. The Labute approximate surface area is 226 Å². The molecule has 0 unspecified atom stereocenters. The zero-order valence-corrected chi connectivity index (χ0v) is 21.4. The maximum atomic E-state index is 13.9. The van der Waals surface area contributed by atoms with Gasteiger partial charge in [-0.15, -0.1) is 0 Å². The molecule has 0 saturated heterocycles. The van der Waals surface area contributed by atoms with Crippen LogP contribution in [0.3, 0.4) is 0 Å². The number of allylic oxidation sites excluding steroid dienone is 1. The molecule has 2 aliphatic rings. The number of nitrogens with zero attached hydrogens (tertiary/aromatic N) is 3. The number of fused-ring (bicyclic) bond motifs is 3. The van der Waals surface area contributed by atoms with Gasteiger partial charge in [0, 0.05) is 29.3 Å². The Kier molecular flexibility index (Phi) is 5.49. The molecule has 0 amide bonds. The first-order valence-corrected chi connectivity index (χ1v) is 13.4. The largest absolute Gasteiger partial charge is 0.457 e. The van der Waals surface area contributed by atoms with Crippen LogP contribution in [0.25, 0.3) is 23.1 Å². The number of aryl methyl sites for hydroxylation is 1. The number of aromatic nitrogens is 1. The zero-order chi connectivity index (χ0) is 26.5. The van der Waals surface area contributed by atoms with Gasteiger partial charge in [0.15, 0.2) is 4.80 Å². The summed E-state index contributed by atoms with van der Waals surface area (Å²) in [7, 11) is 0. The van der Waals surface area contributed by atoms with Crippen molar-refractivity contribution >= 4 is 28.8 Å². The molecule has 1 aliphatic heterocycles. The summed E-state index contributed by atoms with van der Waals surface area (Å²) in [6.45, 7) is 0. The normalized spacial score (nSPS) is 16.3. The topological polar surface area (TPSA) is 90.6 Å². The first kappa shape index (κ1) is 23.3. The molecule has 8 heteroatoms. The average molecular weight is 532 g/mol. The predicted octanol–water partition coefficient (Wildman–Crippen LogP) is 5.49. The van der Waals surface area contributed by atoms with Crippen LogP contribution in [-0.4, -0.2) is 9.49 Å². The maximum Gasteiger partial charge on any atom is 0.271 e. The Balaban J connectivity index is 1.37. The molecule has 0 radical (unpaired) electrons. The Morgan fingerprint density at radius 1 is 0.974 bits per heavy atom. The van der Waals surface area contributed by atoms with Crippen molar-refractivity contribution in [2.45, 2.75) is 18.9 Å². The number of benzene rings is 3. The first-order chi connectivity index (χ1) is 19.1. The van der Waals surface area contributed by atoms with E-state index in [1.807, 2.05) is 28.8 Å². The highest BCUT2D eigenvalue weighted by atomic mass is 32.1. The standard InChI is InChI=1S/C31H21N3O4S/c35-30-27(18-23-14-16-26(38-23)21-10-6-11-22(17-21)34(36)37)39-31-32-28-24-12-5-4-7-19(24)13-15-25(28)29(33(30)31)20-8-2-1-3-9-20/h1-12,14,16-18,29H,13,15H2/b27-18+/t29-/m0/s1. The SMILES string of the molecule is O=c1/c(=C\c2ccc(-c3cccc([N+](=O)[O-])c3)o2)sc2n1[C@@H](c1ccccc1)C1=C(N=2)c2ccccc2CC1. The molecule has 1 atom stereocenters. The quantitative estimate of drug-likeness (QED) is 0.227. The second-order valence-corrected chi connectivity index (χ2v) is 10.5. The lowest BCUT2D eigenvalue weighted by molar-refractivity contribution is -0.384. The number of nitro groups is 1. The Hall–Kier alpha value is -4.82. The van der Waals surface area contributed by atoms with Gasteiger partial charge in [0.1, 0.15) is 11.5 Å². The van der Waals surface area contributed by atoms with Crippen LogP contribution in [-0.2, 0) is 6.42 Å². The molecule has 1 aliphatic carbocycles. The van der Waals surface area contributed by atoms with E-state index in [0.717, 1.165) is 35.2 Å². The highest BCUT2D eigenvalue weighted by molar-refractivity contribution is 7.07. The summed E-state index contributed by atoms with van der Waals surface area (Å²) in [6.07, 6.45) is 3.47. The molecule has 2 aromatic heterocycles. The molecule has 5 aromatic rings. The minimum Gasteiger partial charge on any atom is -0.457 e. The summed E-state index contributed by atoms with van der Waals surface area (Å²) >= 11 is 1.34. The van der Waals surface area contributed by atoms with Crippen molar-refractivity contribution in [1.82, 2.24) is 4.57 Å². The fourth-order valence-electron chi connectivity index (χ4n) is 5.45. The van der Waals surface area contributed by atoms with E-state index in [0.29, 0.717) is 26.4 Å². The molecular formula is C31H21N3O4S. The van der Waals surface area contributed by atoms with Gasteiger partial charge in [-0.1, -0.05) is 78.1 Å². The van der Waals surface area contributed by atoms with E-state index in [4.69, 9.17) is 9.41 Å². The van der Waals surface area contributed by atoms with Gasteiger partial charge in [0.2, 0.25) is 0 Å². The smallest absolute Gasteiger partial charge is 0.271 e. The van der Waals surface area contributed by atoms with Gasteiger partial charge in [0.05, 0.1) is 21.2 Å². The predicted molar refractivity (Wildman–Crippen MR) is 150 cm³/mol. The molecule has 3 aromatic carbocycles. The Morgan fingerprint density at radius 3 is 2.64 bits per heavy atom. The van der Waals surface area contributed by atoms with Crippen molar-refractivity contribution in [1.29, 1.82) is 0 Å². The van der Waals surface area contributed by atoms with Crippen LogP contribution in [0, 0.1) is 10.1 Å². The molecule has 7 nitrogen and oxygen atoms in total. The van der Waals surface area contributed by atoms with E-state index in [1.165, 1.54) is 29.0 Å². The van der Waals surface area contributed by atoms with Crippen LogP contribution in [0.2, 0.25) is 0 Å². The van der Waals surface area contributed by atoms with Gasteiger partial charge in [-0.25, -0.2) is 4.99 Å². The van der Waals surface area contributed by atoms with Crippen molar-refractivity contribution in [3.8, 4) is 11.3 Å². The third-order valence-corrected chi connectivity index (χ3v) is 8.21. The van der Waals surface area contributed by atoms with Crippen molar-refractivity contribution < 1.29 is 9.34 Å². The number of hydrogen-bond donors (Lipinski definition) is 0. The minimum atomic E-state index is -0.435. The number of thiazole rings is 1. The second kappa shape index (κ2) is 9.18. The fourth-order valence-corrected chi connectivity index (χ4v) is 6.43. The number of nitro benzene ring substituents is 1. The zero-order valence-electron chi connectivity index (χ0n) is 20.6. The maximum absolute atomic E-state index is 13.9. The molecule has 0 fully saturated rings.